The first-order valence-corrected chi connectivity index (χ1v) is 11.0. The summed E-state index contributed by atoms with van der Waals surface area (Å²) in [5.41, 5.74) is 1.70. The predicted octanol–water partition coefficient (Wildman–Crippen LogP) is 4.21. The van der Waals surface area contributed by atoms with Gasteiger partial charge in [-0.2, -0.15) is 4.31 Å². The molecule has 0 atom stereocenters. The summed E-state index contributed by atoms with van der Waals surface area (Å²) in [5.74, 6) is 0.392. The van der Waals surface area contributed by atoms with Gasteiger partial charge in [0.15, 0.2) is 0 Å². The summed E-state index contributed by atoms with van der Waals surface area (Å²) in [5, 5.41) is 0.984. The Morgan fingerprint density at radius 3 is 2.44 bits per heavy atom. The molecular weight excluding hydrogens is 407 g/mol. The van der Waals surface area contributed by atoms with Gasteiger partial charge >= 0.3 is 0 Å². The topological polar surface area (TPSA) is 49.9 Å². The molecule has 5 nitrogen and oxygen atoms in total. The van der Waals surface area contributed by atoms with Gasteiger partial charge in [-0.25, -0.2) is 8.42 Å². The van der Waals surface area contributed by atoms with Crippen molar-refractivity contribution < 1.29 is 13.2 Å². The second kappa shape index (κ2) is 8.27. The van der Waals surface area contributed by atoms with Crippen molar-refractivity contribution in [3.8, 4) is 5.75 Å². The zero-order valence-electron chi connectivity index (χ0n) is 15.3. The van der Waals surface area contributed by atoms with Crippen LogP contribution in [0.25, 0.3) is 0 Å². The number of sulfonamides is 1. The van der Waals surface area contributed by atoms with E-state index in [0.29, 0.717) is 48.6 Å². The number of ether oxygens (including phenoxy) is 1. The highest BCUT2D eigenvalue weighted by atomic mass is 35.5. The normalized spacial score (nSPS) is 15.8. The van der Waals surface area contributed by atoms with E-state index in [2.05, 4.69) is 4.90 Å². The number of halogens is 2. The zero-order valence-corrected chi connectivity index (χ0v) is 17.6. The number of hydrogen-bond donors (Lipinski definition) is 0. The first-order valence-electron chi connectivity index (χ1n) is 8.77. The molecule has 146 valence electrons. The van der Waals surface area contributed by atoms with Gasteiger partial charge in [-0.1, -0.05) is 35.3 Å². The van der Waals surface area contributed by atoms with Crippen molar-refractivity contribution >= 4 is 38.9 Å². The number of piperazine rings is 1. The molecule has 2 aromatic rings. The molecule has 1 aliphatic rings. The van der Waals surface area contributed by atoms with E-state index < -0.39 is 10.0 Å². The molecule has 0 unspecified atom stereocenters. The van der Waals surface area contributed by atoms with Crippen molar-refractivity contribution in [3.63, 3.8) is 0 Å². The zero-order chi connectivity index (χ0) is 19.6. The van der Waals surface area contributed by atoms with Crippen molar-refractivity contribution in [2.75, 3.05) is 37.7 Å². The summed E-state index contributed by atoms with van der Waals surface area (Å²) >= 11 is 12.4. The molecule has 0 bridgehead atoms. The Morgan fingerprint density at radius 1 is 1.07 bits per heavy atom. The van der Waals surface area contributed by atoms with E-state index in [1.807, 2.05) is 32.0 Å². The Morgan fingerprint density at radius 2 is 1.78 bits per heavy atom. The van der Waals surface area contributed by atoms with Crippen LogP contribution in [0.4, 0.5) is 5.69 Å². The van der Waals surface area contributed by atoms with E-state index in [0.717, 1.165) is 11.3 Å². The fourth-order valence-corrected chi connectivity index (χ4v) is 5.19. The first kappa shape index (κ1) is 20.3. The highest BCUT2D eigenvalue weighted by Gasteiger charge is 2.31. The SMILES string of the molecule is CCOc1ccc(C)cc1S(=O)(=O)N1CCN(c2cccc(Cl)c2Cl)CC1. The van der Waals surface area contributed by atoms with Crippen LogP contribution in [0, 0.1) is 6.92 Å². The molecule has 0 saturated carbocycles. The Labute approximate surface area is 170 Å². The van der Waals surface area contributed by atoms with Crippen LogP contribution in [0.3, 0.4) is 0 Å². The van der Waals surface area contributed by atoms with Gasteiger partial charge in [-0.05, 0) is 43.7 Å². The first-order chi connectivity index (χ1) is 12.8. The Hall–Kier alpha value is -1.47. The second-order valence-electron chi connectivity index (χ2n) is 6.35. The lowest BCUT2D eigenvalue weighted by Crippen LogP contribution is -2.48. The second-order valence-corrected chi connectivity index (χ2v) is 9.04. The van der Waals surface area contributed by atoms with Gasteiger partial charge < -0.3 is 9.64 Å². The minimum Gasteiger partial charge on any atom is -0.492 e. The molecular formula is C19H22Cl2N2O3S. The lowest BCUT2D eigenvalue weighted by Gasteiger charge is -2.36. The molecule has 0 aromatic heterocycles. The molecule has 1 heterocycles. The van der Waals surface area contributed by atoms with Crippen LogP contribution < -0.4 is 9.64 Å². The van der Waals surface area contributed by atoms with Crippen LogP contribution in [0.1, 0.15) is 12.5 Å². The maximum Gasteiger partial charge on any atom is 0.246 e. The minimum absolute atomic E-state index is 0.221. The Bertz CT molecular complexity index is 927. The van der Waals surface area contributed by atoms with Crippen LogP contribution in [0.2, 0.25) is 10.0 Å². The van der Waals surface area contributed by atoms with Crippen LogP contribution in [0.5, 0.6) is 5.75 Å². The summed E-state index contributed by atoms with van der Waals surface area (Å²) in [6.45, 7) is 5.92. The third-order valence-electron chi connectivity index (χ3n) is 4.53. The minimum atomic E-state index is -3.64. The lowest BCUT2D eigenvalue weighted by atomic mass is 10.2. The monoisotopic (exact) mass is 428 g/mol. The van der Waals surface area contributed by atoms with Crippen molar-refractivity contribution in [1.29, 1.82) is 0 Å². The summed E-state index contributed by atoms with van der Waals surface area (Å²) in [4.78, 5) is 2.28. The molecule has 1 fully saturated rings. The number of hydrogen-bond acceptors (Lipinski definition) is 4. The molecule has 3 rings (SSSR count). The third-order valence-corrected chi connectivity index (χ3v) is 7.26. The van der Waals surface area contributed by atoms with E-state index in [1.165, 1.54) is 4.31 Å². The van der Waals surface area contributed by atoms with Crippen LogP contribution >= 0.6 is 23.2 Å². The number of anilines is 1. The smallest absolute Gasteiger partial charge is 0.246 e. The number of aryl methyl sites for hydroxylation is 1. The Kier molecular flexibility index (Phi) is 6.21. The lowest BCUT2D eigenvalue weighted by molar-refractivity contribution is 0.327. The fraction of sp³-hybridized carbons (Fsp3) is 0.368. The summed E-state index contributed by atoms with van der Waals surface area (Å²) < 4.78 is 33.4. The standard InChI is InChI=1S/C19H22Cl2N2O3S/c1-3-26-17-8-7-14(2)13-18(17)27(24,25)23-11-9-22(10-12-23)16-6-4-5-15(20)19(16)21/h4-8,13H,3,9-12H2,1-2H3. The molecule has 1 aliphatic heterocycles. The van der Waals surface area contributed by atoms with Gasteiger partial charge in [0, 0.05) is 26.2 Å². The van der Waals surface area contributed by atoms with Gasteiger partial charge in [0.05, 0.1) is 22.3 Å². The highest BCUT2D eigenvalue weighted by molar-refractivity contribution is 7.89. The molecule has 0 radical (unpaired) electrons. The van der Waals surface area contributed by atoms with Crippen LogP contribution in [0.15, 0.2) is 41.3 Å². The van der Waals surface area contributed by atoms with Crippen LogP contribution in [-0.4, -0.2) is 45.5 Å². The maximum absolute atomic E-state index is 13.2. The maximum atomic E-state index is 13.2. The number of rotatable bonds is 5. The average molecular weight is 429 g/mol. The quantitative estimate of drug-likeness (QED) is 0.715. The van der Waals surface area contributed by atoms with E-state index in [-0.39, 0.29) is 4.90 Å². The highest BCUT2D eigenvalue weighted by Crippen LogP contribution is 2.34. The third kappa shape index (κ3) is 4.19. The fourth-order valence-electron chi connectivity index (χ4n) is 3.14. The number of nitrogens with zero attached hydrogens (tertiary/aromatic N) is 2. The summed E-state index contributed by atoms with van der Waals surface area (Å²) in [6, 6.07) is 10.7. The molecule has 0 aliphatic carbocycles. The molecule has 0 spiro atoms. The van der Waals surface area contributed by atoms with Crippen molar-refractivity contribution in [2.24, 2.45) is 0 Å². The Balaban J connectivity index is 1.81. The molecule has 8 heteroatoms. The summed E-state index contributed by atoms with van der Waals surface area (Å²) in [7, 11) is -3.64. The molecule has 27 heavy (non-hydrogen) atoms. The van der Waals surface area contributed by atoms with Gasteiger partial charge in [0.1, 0.15) is 10.6 Å². The molecule has 0 N–H and O–H groups in total. The van der Waals surface area contributed by atoms with E-state index in [4.69, 9.17) is 27.9 Å². The van der Waals surface area contributed by atoms with Crippen LogP contribution in [-0.2, 0) is 10.0 Å². The average Bonchev–Trinajstić information content (AvgIpc) is 2.65. The van der Waals surface area contributed by atoms with Crippen molar-refractivity contribution in [1.82, 2.24) is 4.31 Å². The molecule has 1 saturated heterocycles. The molecule has 2 aromatic carbocycles. The van der Waals surface area contributed by atoms with E-state index in [1.54, 1.807) is 18.2 Å². The van der Waals surface area contributed by atoms with Gasteiger partial charge in [-0.3, -0.25) is 0 Å². The van der Waals surface area contributed by atoms with Crippen molar-refractivity contribution in [3.05, 3.63) is 52.0 Å². The van der Waals surface area contributed by atoms with Gasteiger partial charge in [-0.15, -0.1) is 0 Å². The number of benzene rings is 2. The largest absolute Gasteiger partial charge is 0.492 e. The van der Waals surface area contributed by atoms with Crippen molar-refractivity contribution in [2.45, 2.75) is 18.7 Å². The van der Waals surface area contributed by atoms with E-state index in [9.17, 15) is 8.42 Å². The van der Waals surface area contributed by atoms with Gasteiger partial charge in [0.2, 0.25) is 10.0 Å². The van der Waals surface area contributed by atoms with Gasteiger partial charge in [0.25, 0.3) is 0 Å². The summed E-state index contributed by atoms with van der Waals surface area (Å²) in [6.07, 6.45) is 0. The van der Waals surface area contributed by atoms with E-state index >= 15 is 0 Å². The molecule has 0 amide bonds. The predicted molar refractivity (Wildman–Crippen MR) is 110 cm³/mol.